The zero-order chi connectivity index (χ0) is 21.8. The minimum absolute atomic E-state index is 0.0882. The fraction of sp³-hybridized carbons (Fsp3) is 0.185. The van der Waals surface area contributed by atoms with E-state index in [0.717, 1.165) is 33.6 Å². The van der Waals surface area contributed by atoms with E-state index in [1.807, 2.05) is 66.2 Å². The number of hydrogen-bond acceptors (Lipinski definition) is 2. The largest absolute Gasteiger partial charge is 0.341 e. The van der Waals surface area contributed by atoms with E-state index in [4.69, 9.17) is 0 Å². The summed E-state index contributed by atoms with van der Waals surface area (Å²) < 4.78 is 1.98. The molecule has 0 radical (unpaired) electrons. The predicted octanol–water partition coefficient (Wildman–Crippen LogP) is 5.38. The SMILES string of the molecule is Cc1cc(C)n(Cc2ccc(C(=O)N[C@@H](c3ccccc3)c3ccccc3C)cc2)n1. The maximum Gasteiger partial charge on any atom is 0.252 e. The fourth-order valence-electron chi connectivity index (χ4n) is 3.88. The Kier molecular flexibility index (Phi) is 5.99. The molecular formula is C27H27N3O. The Bertz CT molecular complexity index is 1180. The Balaban J connectivity index is 1.55. The molecular weight excluding hydrogens is 382 g/mol. The highest BCUT2D eigenvalue weighted by molar-refractivity contribution is 5.94. The van der Waals surface area contributed by atoms with Crippen molar-refractivity contribution < 1.29 is 4.79 Å². The Morgan fingerprint density at radius 3 is 2.23 bits per heavy atom. The van der Waals surface area contributed by atoms with E-state index >= 15 is 0 Å². The molecule has 3 aromatic carbocycles. The average Bonchev–Trinajstić information content (AvgIpc) is 3.10. The topological polar surface area (TPSA) is 46.9 Å². The number of aryl methyl sites for hydroxylation is 3. The number of aromatic nitrogens is 2. The Morgan fingerprint density at radius 1 is 0.903 bits per heavy atom. The van der Waals surface area contributed by atoms with Gasteiger partial charge >= 0.3 is 0 Å². The van der Waals surface area contributed by atoms with E-state index < -0.39 is 0 Å². The first-order valence-corrected chi connectivity index (χ1v) is 10.5. The third-order valence-corrected chi connectivity index (χ3v) is 5.56. The van der Waals surface area contributed by atoms with Crippen LogP contribution in [0.15, 0.2) is 84.9 Å². The molecule has 4 heteroatoms. The first kappa shape index (κ1) is 20.6. The molecule has 0 aliphatic rings. The minimum atomic E-state index is -0.204. The molecule has 0 fully saturated rings. The summed E-state index contributed by atoms with van der Waals surface area (Å²) in [6.45, 7) is 6.81. The highest BCUT2D eigenvalue weighted by Gasteiger charge is 2.19. The molecule has 1 heterocycles. The van der Waals surface area contributed by atoms with Gasteiger partial charge in [0.2, 0.25) is 0 Å². The van der Waals surface area contributed by atoms with Crippen LogP contribution >= 0.6 is 0 Å². The lowest BCUT2D eigenvalue weighted by Gasteiger charge is -2.22. The second kappa shape index (κ2) is 9.00. The van der Waals surface area contributed by atoms with Crippen LogP contribution in [0.1, 0.15) is 50.0 Å². The van der Waals surface area contributed by atoms with Crippen LogP contribution in [0, 0.1) is 20.8 Å². The molecule has 1 aromatic heterocycles. The summed E-state index contributed by atoms with van der Waals surface area (Å²) in [5, 5.41) is 7.75. The van der Waals surface area contributed by atoms with Gasteiger partial charge in [0.1, 0.15) is 0 Å². The van der Waals surface area contributed by atoms with Crippen molar-refractivity contribution >= 4 is 5.91 Å². The molecule has 4 rings (SSSR count). The number of rotatable bonds is 6. The normalized spacial score (nSPS) is 11.8. The zero-order valence-electron chi connectivity index (χ0n) is 18.2. The molecule has 1 N–H and O–H groups in total. The van der Waals surface area contributed by atoms with Crippen molar-refractivity contribution in [3.63, 3.8) is 0 Å². The number of carbonyl (C=O) groups excluding carboxylic acids is 1. The summed E-state index contributed by atoms with van der Waals surface area (Å²) in [7, 11) is 0. The van der Waals surface area contributed by atoms with E-state index in [9.17, 15) is 4.79 Å². The van der Waals surface area contributed by atoms with Gasteiger partial charge in [0.15, 0.2) is 0 Å². The van der Waals surface area contributed by atoms with Gasteiger partial charge in [0, 0.05) is 11.3 Å². The fourth-order valence-corrected chi connectivity index (χ4v) is 3.88. The standard InChI is InChI=1S/C27H27N3O/c1-19-9-7-8-12-25(19)26(23-10-5-4-6-11-23)28-27(31)24-15-13-22(14-16-24)18-30-21(3)17-20(2)29-30/h4-17,26H,18H2,1-3H3,(H,28,31)/t26-/m0/s1. The Labute approximate surface area is 183 Å². The summed E-state index contributed by atoms with van der Waals surface area (Å²) in [4.78, 5) is 13.1. The van der Waals surface area contributed by atoms with Crippen LogP contribution < -0.4 is 5.32 Å². The number of carbonyl (C=O) groups is 1. The molecule has 0 bridgehead atoms. The van der Waals surface area contributed by atoms with E-state index in [2.05, 4.69) is 54.6 Å². The molecule has 0 aliphatic heterocycles. The number of benzene rings is 3. The molecule has 0 unspecified atom stereocenters. The summed E-state index contributed by atoms with van der Waals surface area (Å²) in [5.41, 5.74) is 7.21. The third kappa shape index (κ3) is 4.75. The van der Waals surface area contributed by atoms with Crippen molar-refractivity contribution in [2.45, 2.75) is 33.4 Å². The van der Waals surface area contributed by atoms with Crippen LogP contribution in [0.2, 0.25) is 0 Å². The molecule has 1 amide bonds. The monoisotopic (exact) mass is 409 g/mol. The predicted molar refractivity (Wildman–Crippen MR) is 124 cm³/mol. The quantitative estimate of drug-likeness (QED) is 0.465. The summed E-state index contributed by atoms with van der Waals surface area (Å²) in [6.07, 6.45) is 0. The van der Waals surface area contributed by atoms with E-state index in [1.54, 1.807) is 0 Å². The third-order valence-electron chi connectivity index (χ3n) is 5.56. The van der Waals surface area contributed by atoms with Gasteiger partial charge in [-0.05, 0) is 61.2 Å². The highest BCUT2D eigenvalue weighted by Crippen LogP contribution is 2.25. The van der Waals surface area contributed by atoms with E-state index in [0.29, 0.717) is 12.1 Å². The van der Waals surface area contributed by atoms with Crippen LogP contribution in [0.4, 0.5) is 0 Å². The molecule has 0 saturated carbocycles. The Hall–Kier alpha value is -3.66. The van der Waals surface area contributed by atoms with Gasteiger partial charge < -0.3 is 5.32 Å². The van der Waals surface area contributed by atoms with Crippen molar-refractivity contribution in [1.29, 1.82) is 0 Å². The molecule has 156 valence electrons. The smallest absolute Gasteiger partial charge is 0.252 e. The van der Waals surface area contributed by atoms with Crippen LogP contribution in [0.25, 0.3) is 0 Å². The average molecular weight is 410 g/mol. The lowest BCUT2D eigenvalue weighted by molar-refractivity contribution is 0.0943. The van der Waals surface area contributed by atoms with Gasteiger partial charge in [-0.1, -0.05) is 66.7 Å². The van der Waals surface area contributed by atoms with Gasteiger partial charge in [0.05, 0.1) is 18.3 Å². The van der Waals surface area contributed by atoms with E-state index in [1.165, 1.54) is 0 Å². The highest BCUT2D eigenvalue weighted by atomic mass is 16.1. The van der Waals surface area contributed by atoms with Crippen molar-refractivity contribution in [2.24, 2.45) is 0 Å². The van der Waals surface area contributed by atoms with Crippen molar-refractivity contribution in [3.05, 3.63) is 124 Å². The van der Waals surface area contributed by atoms with Gasteiger partial charge in [0.25, 0.3) is 5.91 Å². The molecule has 4 nitrogen and oxygen atoms in total. The van der Waals surface area contributed by atoms with Gasteiger partial charge in [-0.15, -0.1) is 0 Å². The Morgan fingerprint density at radius 2 is 1.58 bits per heavy atom. The van der Waals surface area contributed by atoms with Crippen LogP contribution in [-0.4, -0.2) is 15.7 Å². The van der Waals surface area contributed by atoms with Gasteiger partial charge in [-0.25, -0.2) is 0 Å². The maximum atomic E-state index is 13.1. The van der Waals surface area contributed by atoms with Gasteiger partial charge in [-0.2, -0.15) is 5.10 Å². The van der Waals surface area contributed by atoms with E-state index in [-0.39, 0.29) is 11.9 Å². The van der Waals surface area contributed by atoms with Crippen molar-refractivity contribution in [3.8, 4) is 0 Å². The number of nitrogens with zero attached hydrogens (tertiary/aromatic N) is 2. The number of amides is 1. The van der Waals surface area contributed by atoms with Crippen LogP contribution in [0.3, 0.4) is 0 Å². The van der Waals surface area contributed by atoms with Gasteiger partial charge in [-0.3, -0.25) is 9.48 Å². The number of nitrogens with one attached hydrogen (secondary N) is 1. The molecule has 4 aromatic rings. The summed E-state index contributed by atoms with van der Waals surface area (Å²) >= 11 is 0. The van der Waals surface area contributed by atoms with Crippen molar-refractivity contribution in [2.75, 3.05) is 0 Å². The zero-order valence-corrected chi connectivity index (χ0v) is 18.2. The molecule has 0 spiro atoms. The maximum absolute atomic E-state index is 13.1. The first-order chi connectivity index (χ1) is 15.0. The molecule has 0 aliphatic carbocycles. The minimum Gasteiger partial charge on any atom is -0.341 e. The summed E-state index contributed by atoms with van der Waals surface area (Å²) in [5.74, 6) is -0.0882. The second-order valence-electron chi connectivity index (χ2n) is 7.96. The lowest BCUT2D eigenvalue weighted by Crippen LogP contribution is -2.29. The molecule has 31 heavy (non-hydrogen) atoms. The lowest BCUT2D eigenvalue weighted by atomic mass is 9.94. The first-order valence-electron chi connectivity index (χ1n) is 10.5. The van der Waals surface area contributed by atoms with Crippen LogP contribution in [0.5, 0.6) is 0 Å². The molecule has 1 atom stereocenters. The number of hydrogen-bond donors (Lipinski definition) is 1. The summed E-state index contributed by atoms with van der Waals surface area (Å²) in [6, 6.07) is 27.9. The molecule has 0 saturated heterocycles. The van der Waals surface area contributed by atoms with Crippen molar-refractivity contribution in [1.82, 2.24) is 15.1 Å². The second-order valence-corrected chi connectivity index (χ2v) is 7.96. The van der Waals surface area contributed by atoms with Crippen LogP contribution in [-0.2, 0) is 6.54 Å².